The first-order valence-corrected chi connectivity index (χ1v) is 5.68. The molecule has 0 saturated heterocycles. The Morgan fingerprint density at radius 2 is 2.33 bits per heavy atom. The summed E-state index contributed by atoms with van der Waals surface area (Å²) in [4.78, 5) is 4.14. The van der Waals surface area contributed by atoms with E-state index < -0.39 is 0 Å². The number of thioether (sulfide) groups is 1. The minimum atomic E-state index is 0.414. The standard InChI is InChI=1S/C10H9ClN2OS/c11-9-4-7(12)5-10(13-9)15-6-8-2-1-3-14-8/h1-5H,6H2,(H2,12,13). The molecule has 5 heteroatoms. The van der Waals surface area contributed by atoms with Gasteiger partial charge in [-0.2, -0.15) is 0 Å². The first-order valence-electron chi connectivity index (χ1n) is 4.32. The molecule has 0 fully saturated rings. The molecule has 0 bridgehead atoms. The molecule has 0 aliphatic heterocycles. The van der Waals surface area contributed by atoms with Gasteiger partial charge in [0.05, 0.1) is 12.0 Å². The van der Waals surface area contributed by atoms with Crippen molar-refractivity contribution in [1.82, 2.24) is 4.98 Å². The molecule has 0 saturated carbocycles. The van der Waals surface area contributed by atoms with E-state index in [1.54, 1.807) is 18.4 Å². The Bertz CT molecular complexity index is 424. The highest BCUT2D eigenvalue weighted by Gasteiger charge is 2.02. The number of anilines is 1. The molecule has 0 radical (unpaired) electrons. The molecule has 15 heavy (non-hydrogen) atoms. The molecule has 0 atom stereocenters. The number of rotatable bonds is 3. The molecule has 0 spiro atoms. The minimum Gasteiger partial charge on any atom is -0.468 e. The van der Waals surface area contributed by atoms with Crippen LogP contribution in [0.5, 0.6) is 0 Å². The third-order valence-electron chi connectivity index (χ3n) is 1.74. The largest absolute Gasteiger partial charge is 0.468 e. The van der Waals surface area contributed by atoms with Crippen molar-refractivity contribution in [3.05, 3.63) is 41.4 Å². The molecule has 78 valence electrons. The minimum absolute atomic E-state index is 0.414. The lowest BCUT2D eigenvalue weighted by Crippen LogP contribution is -1.89. The maximum absolute atomic E-state index is 5.78. The predicted octanol–water partition coefficient (Wildman–Crippen LogP) is 3.20. The highest BCUT2D eigenvalue weighted by atomic mass is 35.5. The Kier molecular flexibility index (Phi) is 3.18. The molecular formula is C10H9ClN2OS. The van der Waals surface area contributed by atoms with Crippen LogP contribution in [0.25, 0.3) is 0 Å². The number of hydrogen-bond acceptors (Lipinski definition) is 4. The van der Waals surface area contributed by atoms with Gasteiger partial charge in [-0.3, -0.25) is 0 Å². The molecule has 0 aliphatic rings. The molecule has 2 aromatic rings. The first kappa shape index (κ1) is 10.4. The van der Waals surface area contributed by atoms with Crippen molar-refractivity contribution in [2.75, 3.05) is 5.73 Å². The van der Waals surface area contributed by atoms with E-state index in [1.165, 1.54) is 11.8 Å². The first-order chi connectivity index (χ1) is 7.24. The SMILES string of the molecule is Nc1cc(Cl)nc(SCc2ccco2)c1. The summed E-state index contributed by atoms with van der Waals surface area (Å²) in [6.07, 6.45) is 1.65. The molecule has 0 amide bonds. The second kappa shape index (κ2) is 4.59. The number of nitrogen functional groups attached to an aromatic ring is 1. The van der Waals surface area contributed by atoms with Crippen LogP contribution in [0.15, 0.2) is 40.0 Å². The van der Waals surface area contributed by atoms with Gasteiger partial charge in [0.1, 0.15) is 15.9 Å². The third-order valence-corrected chi connectivity index (χ3v) is 2.86. The van der Waals surface area contributed by atoms with E-state index in [1.807, 2.05) is 12.1 Å². The Labute approximate surface area is 96.6 Å². The summed E-state index contributed by atoms with van der Waals surface area (Å²) in [5.74, 6) is 1.63. The second-order valence-corrected chi connectivity index (χ2v) is 4.31. The smallest absolute Gasteiger partial charge is 0.132 e. The van der Waals surface area contributed by atoms with Gasteiger partial charge in [-0.15, -0.1) is 0 Å². The van der Waals surface area contributed by atoms with Crippen LogP contribution in [0.4, 0.5) is 5.69 Å². The van der Waals surface area contributed by atoms with Crippen molar-refractivity contribution in [2.45, 2.75) is 10.8 Å². The van der Waals surface area contributed by atoms with E-state index in [-0.39, 0.29) is 0 Å². The number of nitrogens with zero attached hydrogens (tertiary/aromatic N) is 1. The maximum Gasteiger partial charge on any atom is 0.132 e. The zero-order valence-electron chi connectivity index (χ0n) is 7.81. The van der Waals surface area contributed by atoms with Gasteiger partial charge in [0.25, 0.3) is 0 Å². The fourth-order valence-electron chi connectivity index (χ4n) is 1.11. The summed E-state index contributed by atoms with van der Waals surface area (Å²) in [6.45, 7) is 0. The average molecular weight is 241 g/mol. The van der Waals surface area contributed by atoms with Gasteiger partial charge in [-0.05, 0) is 24.3 Å². The van der Waals surface area contributed by atoms with E-state index in [4.69, 9.17) is 21.8 Å². The van der Waals surface area contributed by atoms with E-state index >= 15 is 0 Å². The van der Waals surface area contributed by atoms with Gasteiger partial charge in [-0.25, -0.2) is 4.98 Å². The number of halogens is 1. The number of pyridine rings is 1. The lowest BCUT2D eigenvalue weighted by Gasteiger charge is -2.01. The molecule has 2 N–H and O–H groups in total. The van der Waals surface area contributed by atoms with Crippen molar-refractivity contribution in [1.29, 1.82) is 0 Å². The Balaban J connectivity index is 2.05. The molecule has 0 aliphatic carbocycles. The van der Waals surface area contributed by atoms with Crippen LogP contribution in [0.3, 0.4) is 0 Å². The summed E-state index contributed by atoms with van der Waals surface area (Å²) in [7, 11) is 0. The summed E-state index contributed by atoms with van der Waals surface area (Å²) in [5, 5.41) is 1.22. The Morgan fingerprint density at radius 1 is 1.47 bits per heavy atom. The fraction of sp³-hybridized carbons (Fsp3) is 0.100. The van der Waals surface area contributed by atoms with Crippen molar-refractivity contribution in [3.8, 4) is 0 Å². The van der Waals surface area contributed by atoms with E-state index in [9.17, 15) is 0 Å². The number of nitrogens with two attached hydrogens (primary N) is 1. The summed E-state index contributed by atoms with van der Waals surface area (Å²) in [5.41, 5.74) is 6.27. The highest BCUT2D eigenvalue weighted by Crippen LogP contribution is 2.24. The summed E-state index contributed by atoms with van der Waals surface area (Å²) in [6, 6.07) is 7.19. The van der Waals surface area contributed by atoms with Crippen molar-refractivity contribution in [3.63, 3.8) is 0 Å². The predicted molar refractivity (Wildman–Crippen MR) is 61.9 cm³/mol. The molecule has 2 rings (SSSR count). The van der Waals surface area contributed by atoms with Gasteiger partial charge >= 0.3 is 0 Å². The molecule has 0 aromatic carbocycles. The van der Waals surface area contributed by atoms with Gasteiger partial charge in [0.15, 0.2) is 0 Å². The highest BCUT2D eigenvalue weighted by molar-refractivity contribution is 7.98. The Morgan fingerprint density at radius 3 is 3.00 bits per heavy atom. The topological polar surface area (TPSA) is 52.0 Å². The van der Waals surface area contributed by atoms with Crippen molar-refractivity contribution >= 4 is 29.1 Å². The normalized spacial score (nSPS) is 10.5. The van der Waals surface area contributed by atoms with Crippen molar-refractivity contribution in [2.24, 2.45) is 0 Å². The van der Waals surface area contributed by atoms with Gasteiger partial charge < -0.3 is 10.2 Å². The van der Waals surface area contributed by atoms with Crippen LogP contribution in [-0.2, 0) is 5.75 Å². The summed E-state index contributed by atoms with van der Waals surface area (Å²) >= 11 is 7.32. The molecule has 2 heterocycles. The molecule has 2 aromatic heterocycles. The van der Waals surface area contributed by atoms with Crippen LogP contribution in [0, 0.1) is 0 Å². The maximum atomic E-state index is 5.78. The van der Waals surface area contributed by atoms with Crippen LogP contribution in [0.1, 0.15) is 5.76 Å². The van der Waals surface area contributed by atoms with Crippen LogP contribution < -0.4 is 5.73 Å². The van der Waals surface area contributed by atoms with Gasteiger partial charge in [-0.1, -0.05) is 23.4 Å². The lowest BCUT2D eigenvalue weighted by atomic mass is 10.4. The third kappa shape index (κ3) is 2.91. The number of hydrogen-bond donors (Lipinski definition) is 1. The number of aromatic nitrogens is 1. The van der Waals surface area contributed by atoms with E-state index in [2.05, 4.69) is 4.98 Å². The van der Waals surface area contributed by atoms with Gasteiger partial charge in [0.2, 0.25) is 0 Å². The average Bonchev–Trinajstić information content (AvgIpc) is 2.65. The quantitative estimate of drug-likeness (QED) is 0.661. The number of furan rings is 1. The van der Waals surface area contributed by atoms with Crippen LogP contribution >= 0.6 is 23.4 Å². The monoisotopic (exact) mass is 240 g/mol. The summed E-state index contributed by atoms with van der Waals surface area (Å²) < 4.78 is 5.20. The van der Waals surface area contributed by atoms with Crippen molar-refractivity contribution < 1.29 is 4.42 Å². The van der Waals surface area contributed by atoms with E-state index in [0.29, 0.717) is 10.8 Å². The van der Waals surface area contributed by atoms with Crippen LogP contribution in [0.2, 0.25) is 5.15 Å². The van der Waals surface area contributed by atoms with Crippen LogP contribution in [-0.4, -0.2) is 4.98 Å². The molecular weight excluding hydrogens is 232 g/mol. The zero-order chi connectivity index (χ0) is 10.7. The van der Waals surface area contributed by atoms with Gasteiger partial charge in [0, 0.05) is 5.69 Å². The zero-order valence-corrected chi connectivity index (χ0v) is 9.39. The van der Waals surface area contributed by atoms with E-state index in [0.717, 1.165) is 16.5 Å². The second-order valence-electron chi connectivity index (χ2n) is 2.93. The fourth-order valence-corrected chi connectivity index (χ4v) is 2.21. The molecule has 3 nitrogen and oxygen atoms in total. The lowest BCUT2D eigenvalue weighted by molar-refractivity contribution is 0.530. The molecule has 0 unspecified atom stereocenters. The Hall–Kier alpha value is -1.13.